The molecule has 4 saturated carbocycles. The van der Waals surface area contributed by atoms with E-state index in [-0.39, 0.29) is 45.8 Å². The number of ether oxygens (including phenoxy) is 1. The van der Waals surface area contributed by atoms with E-state index in [4.69, 9.17) is 4.74 Å². The van der Waals surface area contributed by atoms with E-state index in [0.717, 1.165) is 25.7 Å². The molecule has 0 bridgehead atoms. The van der Waals surface area contributed by atoms with Gasteiger partial charge in [-0.3, -0.25) is 4.79 Å². The maximum Gasteiger partial charge on any atom is 0.302 e. The number of carbonyl (C=O) groups excluding carboxylic acids is 1. The highest BCUT2D eigenvalue weighted by Crippen LogP contribution is 2.75. The van der Waals surface area contributed by atoms with Crippen LogP contribution in [0.3, 0.4) is 0 Å². The molecule has 0 spiro atoms. The molecular weight excluding hydrogens is 432 g/mol. The van der Waals surface area contributed by atoms with Gasteiger partial charge in [-0.2, -0.15) is 0 Å². The molecule has 9 atom stereocenters. The topological polar surface area (TPSA) is 46.5 Å². The number of hydrogen-bond donors (Lipinski definition) is 1. The predicted molar refractivity (Wildman–Crippen MR) is 142 cm³/mol. The summed E-state index contributed by atoms with van der Waals surface area (Å²) < 4.78 is 5.87. The molecule has 0 aromatic heterocycles. The standard InChI is InChI=1S/C32H52O3/c1-20(33)35-25-11-12-30(7)24(28(25,4)5)10-13-32(9)26(30)23(34)18-21-22-19-27(2,3)14-15-29(22,6)16-17-31(21,32)8/h18,22-26,34H,10-17,19H2,1-9H3/t22?,23-,24?,25?,26?,29-,30+,31-,32-/m1/s1. The van der Waals surface area contributed by atoms with Crippen LogP contribution in [0.15, 0.2) is 11.6 Å². The van der Waals surface area contributed by atoms with Crippen molar-refractivity contribution >= 4 is 5.97 Å². The van der Waals surface area contributed by atoms with Crippen molar-refractivity contribution in [2.24, 2.45) is 50.2 Å². The van der Waals surface area contributed by atoms with Gasteiger partial charge >= 0.3 is 5.97 Å². The van der Waals surface area contributed by atoms with E-state index in [1.165, 1.54) is 32.1 Å². The average Bonchev–Trinajstić information content (AvgIpc) is 2.72. The fourth-order valence-electron chi connectivity index (χ4n) is 11.0. The minimum absolute atomic E-state index is 0.0234. The molecule has 0 radical (unpaired) electrons. The van der Waals surface area contributed by atoms with Gasteiger partial charge in [-0.1, -0.05) is 67.0 Å². The lowest BCUT2D eigenvalue weighted by Crippen LogP contribution is -2.67. The second-order valence-corrected chi connectivity index (χ2v) is 16.0. The molecule has 3 nitrogen and oxygen atoms in total. The second kappa shape index (κ2) is 7.61. The van der Waals surface area contributed by atoms with Gasteiger partial charge in [-0.15, -0.1) is 0 Å². The van der Waals surface area contributed by atoms with Crippen molar-refractivity contribution in [1.82, 2.24) is 0 Å². The maximum absolute atomic E-state index is 12.1. The van der Waals surface area contributed by atoms with Crippen molar-refractivity contribution in [2.45, 2.75) is 132 Å². The Balaban J connectivity index is 1.57. The summed E-state index contributed by atoms with van der Waals surface area (Å²) in [6, 6.07) is 0. The quantitative estimate of drug-likeness (QED) is 0.306. The molecule has 5 rings (SSSR count). The summed E-state index contributed by atoms with van der Waals surface area (Å²) in [4.78, 5) is 11.9. The van der Waals surface area contributed by atoms with Crippen molar-refractivity contribution in [3.63, 3.8) is 0 Å². The van der Waals surface area contributed by atoms with Gasteiger partial charge in [-0.05, 0) is 96.7 Å². The highest BCUT2D eigenvalue weighted by molar-refractivity contribution is 5.66. The molecule has 0 heterocycles. The number of esters is 1. The van der Waals surface area contributed by atoms with Crippen LogP contribution in [0.25, 0.3) is 0 Å². The van der Waals surface area contributed by atoms with Gasteiger partial charge in [0.05, 0.1) is 6.10 Å². The molecule has 0 saturated heterocycles. The molecule has 0 aromatic rings. The highest BCUT2D eigenvalue weighted by Gasteiger charge is 2.70. The van der Waals surface area contributed by atoms with Gasteiger partial charge in [-0.25, -0.2) is 0 Å². The Morgan fingerprint density at radius 3 is 2.23 bits per heavy atom. The van der Waals surface area contributed by atoms with Gasteiger partial charge in [0.2, 0.25) is 0 Å². The molecule has 4 unspecified atom stereocenters. The zero-order valence-electron chi connectivity index (χ0n) is 24.1. The van der Waals surface area contributed by atoms with Crippen LogP contribution >= 0.6 is 0 Å². The van der Waals surface area contributed by atoms with Gasteiger partial charge in [0.1, 0.15) is 6.10 Å². The smallest absolute Gasteiger partial charge is 0.302 e. The number of rotatable bonds is 1. The molecule has 1 N–H and O–H groups in total. The van der Waals surface area contributed by atoms with Crippen LogP contribution in [0.1, 0.15) is 120 Å². The van der Waals surface area contributed by atoms with Crippen molar-refractivity contribution < 1.29 is 14.6 Å². The lowest BCUT2D eigenvalue weighted by molar-refractivity contribution is -0.229. The van der Waals surface area contributed by atoms with Crippen molar-refractivity contribution in [3.05, 3.63) is 11.6 Å². The van der Waals surface area contributed by atoms with Crippen LogP contribution < -0.4 is 0 Å². The highest BCUT2D eigenvalue weighted by atomic mass is 16.5. The Labute approximate surface area is 214 Å². The zero-order chi connectivity index (χ0) is 25.8. The molecule has 35 heavy (non-hydrogen) atoms. The minimum Gasteiger partial charge on any atom is -0.462 e. The Hall–Kier alpha value is -0.830. The summed E-state index contributed by atoms with van der Waals surface area (Å²) in [6.45, 7) is 21.3. The average molecular weight is 485 g/mol. The molecule has 4 fully saturated rings. The number of carbonyl (C=O) groups is 1. The number of allylic oxidation sites excluding steroid dienone is 1. The summed E-state index contributed by atoms with van der Waals surface area (Å²) in [5.74, 6) is 1.13. The summed E-state index contributed by atoms with van der Waals surface area (Å²) in [5.41, 5.74) is 2.59. The van der Waals surface area contributed by atoms with E-state index < -0.39 is 0 Å². The van der Waals surface area contributed by atoms with Crippen molar-refractivity contribution in [3.8, 4) is 0 Å². The Kier molecular flexibility index (Phi) is 5.61. The monoisotopic (exact) mass is 484 g/mol. The van der Waals surface area contributed by atoms with Crippen LogP contribution in [-0.4, -0.2) is 23.3 Å². The number of hydrogen-bond acceptors (Lipinski definition) is 3. The van der Waals surface area contributed by atoms with E-state index in [0.29, 0.717) is 22.7 Å². The summed E-state index contributed by atoms with van der Waals surface area (Å²) in [6.07, 6.45) is 12.7. The predicted octanol–water partition coefficient (Wildman–Crippen LogP) is 7.71. The van der Waals surface area contributed by atoms with Gasteiger partial charge in [0.15, 0.2) is 0 Å². The van der Waals surface area contributed by atoms with E-state index in [1.54, 1.807) is 12.5 Å². The largest absolute Gasteiger partial charge is 0.462 e. The lowest BCUT2D eigenvalue weighted by atomic mass is 9.33. The SMILES string of the molecule is CC(=O)OC1CC[C@@]2(C)C(CC[C@]3(C)C2[C@H](O)C=C2C4CC(C)(C)CC[C@]4(C)CC[C@]23C)C1(C)C. The van der Waals surface area contributed by atoms with Crippen molar-refractivity contribution in [1.29, 1.82) is 0 Å². The zero-order valence-corrected chi connectivity index (χ0v) is 24.1. The molecule has 5 aliphatic rings. The second-order valence-electron chi connectivity index (χ2n) is 16.0. The lowest BCUT2D eigenvalue weighted by Gasteiger charge is -2.72. The third kappa shape index (κ3) is 3.41. The van der Waals surface area contributed by atoms with Crippen LogP contribution in [0.5, 0.6) is 0 Å². The van der Waals surface area contributed by atoms with E-state index in [1.807, 2.05) is 0 Å². The molecular formula is C32H52O3. The number of aliphatic hydroxyl groups excluding tert-OH is 1. The third-order valence-electron chi connectivity index (χ3n) is 13.3. The Morgan fingerprint density at radius 1 is 0.914 bits per heavy atom. The van der Waals surface area contributed by atoms with Gasteiger partial charge in [0, 0.05) is 18.3 Å². The van der Waals surface area contributed by atoms with Crippen LogP contribution in [0.2, 0.25) is 0 Å². The molecule has 0 aromatic carbocycles. The van der Waals surface area contributed by atoms with Crippen LogP contribution in [-0.2, 0) is 9.53 Å². The summed E-state index contributed by atoms with van der Waals surface area (Å²) >= 11 is 0. The first-order chi connectivity index (χ1) is 16.0. The van der Waals surface area contributed by atoms with Crippen LogP contribution in [0, 0.1) is 50.2 Å². The fraction of sp³-hybridized carbons (Fsp3) is 0.906. The van der Waals surface area contributed by atoms with Gasteiger partial charge < -0.3 is 9.84 Å². The van der Waals surface area contributed by atoms with Crippen LogP contribution in [0.4, 0.5) is 0 Å². The molecule has 0 amide bonds. The van der Waals surface area contributed by atoms with E-state index in [9.17, 15) is 9.90 Å². The van der Waals surface area contributed by atoms with Crippen molar-refractivity contribution in [2.75, 3.05) is 0 Å². The van der Waals surface area contributed by atoms with Gasteiger partial charge in [0.25, 0.3) is 0 Å². The molecule has 3 heteroatoms. The first-order valence-electron chi connectivity index (χ1n) is 14.6. The normalized spacial score (nSPS) is 52.2. The first-order valence-corrected chi connectivity index (χ1v) is 14.6. The first kappa shape index (κ1) is 25.8. The summed E-state index contributed by atoms with van der Waals surface area (Å²) in [7, 11) is 0. The Bertz CT molecular complexity index is 931. The minimum atomic E-state index is -0.385. The maximum atomic E-state index is 12.1. The third-order valence-corrected chi connectivity index (χ3v) is 13.3. The Morgan fingerprint density at radius 2 is 1.57 bits per heavy atom. The number of aliphatic hydroxyl groups is 1. The molecule has 0 aliphatic heterocycles. The van der Waals surface area contributed by atoms with E-state index in [2.05, 4.69) is 61.5 Å². The molecule has 5 aliphatic carbocycles. The molecule has 198 valence electrons. The summed E-state index contributed by atoms with van der Waals surface area (Å²) in [5, 5.41) is 12.1. The fourth-order valence-corrected chi connectivity index (χ4v) is 11.0. The van der Waals surface area contributed by atoms with E-state index >= 15 is 0 Å². The number of fused-ring (bicyclic) bond motifs is 7.